The van der Waals surface area contributed by atoms with E-state index in [2.05, 4.69) is 31.1 Å². The number of nitrogens with one attached hydrogen (secondary N) is 1. The summed E-state index contributed by atoms with van der Waals surface area (Å²) in [6.45, 7) is 4.29. The van der Waals surface area contributed by atoms with Gasteiger partial charge in [-0.3, -0.25) is 4.90 Å². The number of likely N-dealkylation sites (tertiary alicyclic amines) is 1. The number of nitrogens with zero attached hydrogens (tertiary/aromatic N) is 3. The summed E-state index contributed by atoms with van der Waals surface area (Å²) in [5, 5.41) is 13.5. The Hall–Kier alpha value is -1.62. The molecule has 3 aliphatic rings. The van der Waals surface area contributed by atoms with Crippen LogP contribution in [-0.4, -0.2) is 48.3 Å². The number of anilines is 1. The van der Waals surface area contributed by atoms with Crippen LogP contribution >= 0.6 is 15.9 Å². The Bertz CT molecular complexity index is 878. The maximum atomic E-state index is 9.02. The summed E-state index contributed by atoms with van der Waals surface area (Å²) in [5.41, 5.74) is 1.12. The molecule has 1 N–H and O–H groups in total. The fourth-order valence-electron chi connectivity index (χ4n) is 4.60. The SMILES string of the molecule is N#Cc1cc2c(Br)c(N[C@@H]3CCC[C@H](N4CC5(COC5)C4)C3)ncc2o1. The molecule has 1 saturated carbocycles. The van der Waals surface area contributed by atoms with Crippen LogP contribution in [0, 0.1) is 16.7 Å². The second-order valence-corrected chi connectivity index (χ2v) is 8.77. The average Bonchev–Trinajstić information content (AvgIpc) is 3.00. The zero-order chi connectivity index (χ0) is 17.7. The van der Waals surface area contributed by atoms with Gasteiger partial charge in [0.05, 0.1) is 23.9 Å². The third-order valence-corrected chi connectivity index (χ3v) is 6.83. The third kappa shape index (κ3) is 2.72. The first-order valence-corrected chi connectivity index (χ1v) is 10.0. The summed E-state index contributed by atoms with van der Waals surface area (Å²) in [6, 6.07) is 4.89. The van der Waals surface area contributed by atoms with Gasteiger partial charge in [0.1, 0.15) is 11.9 Å². The van der Waals surface area contributed by atoms with Crippen LogP contribution in [0.4, 0.5) is 5.82 Å². The van der Waals surface area contributed by atoms with Crippen molar-refractivity contribution >= 4 is 32.7 Å². The summed E-state index contributed by atoms with van der Waals surface area (Å²) in [4.78, 5) is 7.14. The predicted molar refractivity (Wildman–Crippen MR) is 101 cm³/mol. The van der Waals surface area contributed by atoms with Gasteiger partial charge < -0.3 is 14.5 Å². The molecule has 0 radical (unpaired) electrons. The van der Waals surface area contributed by atoms with Gasteiger partial charge in [-0.2, -0.15) is 5.26 Å². The average molecular weight is 417 g/mol. The number of fused-ring (bicyclic) bond motifs is 1. The van der Waals surface area contributed by atoms with E-state index in [1.54, 1.807) is 12.3 Å². The van der Waals surface area contributed by atoms with Gasteiger partial charge in [0, 0.05) is 42.0 Å². The number of nitriles is 1. The van der Waals surface area contributed by atoms with Crippen molar-refractivity contribution in [2.75, 3.05) is 31.6 Å². The molecule has 7 heteroatoms. The van der Waals surface area contributed by atoms with Gasteiger partial charge in [-0.25, -0.2) is 4.98 Å². The summed E-state index contributed by atoms with van der Waals surface area (Å²) >= 11 is 3.63. The Morgan fingerprint density at radius 3 is 2.92 bits per heavy atom. The number of furan rings is 1. The van der Waals surface area contributed by atoms with Crippen molar-refractivity contribution in [1.82, 2.24) is 9.88 Å². The first-order chi connectivity index (χ1) is 12.7. The predicted octanol–water partition coefficient (Wildman–Crippen LogP) is 3.52. The van der Waals surface area contributed by atoms with Gasteiger partial charge in [-0.1, -0.05) is 0 Å². The Morgan fingerprint density at radius 2 is 2.19 bits per heavy atom. The van der Waals surface area contributed by atoms with Gasteiger partial charge >= 0.3 is 0 Å². The highest BCUT2D eigenvalue weighted by atomic mass is 79.9. The van der Waals surface area contributed by atoms with E-state index >= 15 is 0 Å². The maximum absolute atomic E-state index is 9.02. The van der Waals surface area contributed by atoms with Crippen LogP contribution in [0.15, 0.2) is 21.2 Å². The minimum atomic E-state index is 0.309. The fraction of sp³-hybridized carbons (Fsp3) is 0.579. The molecule has 2 aromatic rings. The fourth-order valence-corrected chi connectivity index (χ4v) is 5.13. The van der Waals surface area contributed by atoms with E-state index in [0.717, 1.165) is 35.3 Å². The van der Waals surface area contributed by atoms with Crippen molar-refractivity contribution < 1.29 is 9.15 Å². The lowest BCUT2D eigenvalue weighted by Crippen LogP contribution is -2.68. The van der Waals surface area contributed by atoms with Crippen LogP contribution in [0.25, 0.3) is 11.0 Å². The molecule has 1 aliphatic carbocycles. The van der Waals surface area contributed by atoms with E-state index in [1.807, 2.05) is 6.07 Å². The first kappa shape index (κ1) is 16.5. The summed E-state index contributed by atoms with van der Waals surface area (Å²) in [6.07, 6.45) is 6.54. The second kappa shape index (κ2) is 6.22. The molecule has 6 nitrogen and oxygen atoms in total. The lowest BCUT2D eigenvalue weighted by Gasteiger charge is -2.58. The number of ether oxygens (including phenoxy) is 1. The van der Waals surface area contributed by atoms with Crippen molar-refractivity contribution in [3.8, 4) is 6.07 Å². The van der Waals surface area contributed by atoms with E-state index < -0.39 is 0 Å². The monoisotopic (exact) mass is 416 g/mol. The smallest absolute Gasteiger partial charge is 0.204 e. The Morgan fingerprint density at radius 1 is 1.35 bits per heavy atom. The van der Waals surface area contributed by atoms with E-state index in [4.69, 9.17) is 14.4 Å². The van der Waals surface area contributed by atoms with E-state index in [1.165, 1.54) is 32.4 Å². The van der Waals surface area contributed by atoms with Gasteiger partial charge in [-0.05, 0) is 41.6 Å². The van der Waals surface area contributed by atoms with E-state index in [0.29, 0.717) is 28.8 Å². The molecule has 2 aliphatic heterocycles. The second-order valence-electron chi connectivity index (χ2n) is 7.98. The molecule has 136 valence electrons. The molecule has 3 fully saturated rings. The lowest BCUT2D eigenvalue weighted by molar-refractivity contribution is -0.200. The highest BCUT2D eigenvalue weighted by Gasteiger charge is 2.51. The van der Waals surface area contributed by atoms with Gasteiger partial charge in [0.15, 0.2) is 5.58 Å². The Balaban J connectivity index is 1.28. The third-order valence-electron chi connectivity index (χ3n) is 6.02. The molecule has 0 aromatic carbocycles. The number of rotatable bonds is 3. The minimum Gasteiger partial charge on any atom is -0.444 e. The topological polar surface area (TPSA) is 74.3 Å². The molecule has 0 unspecified atom stereocenters. The lowest BCUT2D eigenvalue weighted by atomic mass is 9.75. The molecule has 1 spiro atoms. The van der Waals surface area contributed by atoms with Gasteiger partial charge in [0.2, 0.25) is 5.76 Å². The molecule has 0 bridgehead atoms. The first-order valence-electron chi connectivity index (χ1n) is 9.22. The summed E-state index contributed by atoms with van der Waals surface area (Å²) in [7, 11) is 0. The normalized spacial score (nSPS) is 27.7. The molecule has 2 saturated heterocycles. The van der Waals surface area contributed by atoms with Crippen molar-refractivity contribution in [2.24, 2.45) is 5.41 Å². The molecule has 4 heterocycles. The number of hydrogen-bond donors (Lipinski definition) is 1. The van der Waals surface area contributed by atoms with Crippen molar-refractivity contribution in [1.29, 1.82) is 5.26 Å². The molecule has 2 atom stereocenters. The molecule has 5 rings (SSSR count). The quantitative estimate of drug-likeness (QED) is 0.824. The minimum absolute atomic E-state index is 0.309. The van der Waals surface area contributed by atoms with Crippen LogP contribution in [0.1, 0.15) is 31.4 Å². The number of halogens is 1. The molecule has 26 heavy (non-hydrogen) atoms. The summed E-state index contributed by atoms with van der Waals surface area (Å²) < 4.78 is 11.7. The zero-order valence-corrected chi connectivity index (χ0v) is 16.1. The summed E-state index contributed by atoms with van der Waals surface area (Å²) in [5.74, 6) is 1.14. The number of pyridine rings is 1. The maximum Gasteiger partial charge on any atom is 0.204 e. The van der Waals surface area contributed by atoms with Gasteiger partial charge in [0.25, 0.3) is 0 Å². The molecular formula is C19H21BrN4O2. The van der Waals surface area contributed by atoms with Crippen molar-refractivity contribution in [3.05, 3.63) is 22.5 Å². The highest BCUT2D eigenvalue weighted by molar-refractivity contribution is 9.10. The van der Waals surface area contributed by atoms with Crippen LogP contribution in [0.5, 0.6) is 0 Å². The Labute approximate surface area is 160 Å². The van der Waals surface area contributed by atoms with Gasteiger partial charge in [-0.15, -0.1) is 0 Å². The zero-order valence-electron chi connectivity index (χ0n) is 14.5. The molecule has 2 aromatic heterocycles. The van der Waals surface area contributed by atoms with Crippen LogP contribution < -0.4 is 5.32 Å². The van der Waals surface area contributed by atoms with Crippen LogP contribution in [0.2, 0.25) is 0 Å². The Kier molecular flexibility index (Phi) is 3.96. The standard InChI is InChI=1S/C19H21BrN4O2/c20-17-15-5-14(6-21)26-16(15)7-22-18(17)23-12-2-1-3-13(4-12)24-8-19(9-24)10-25-11-19/h5,7,12-13H,1-4,8-11H2,(H,22,23)/t12-,13+/m1/s1. The molecule has 0 amide bonds. The number of aromatic nitrogens is 1. The molecular weight excluding hydrogens is 396 g/mol. The highest BCUT2D eigenvalue weighted by Crippen LogP contribution is 2.41. The van der Waals surface area contributed by atoms with Crippen molar-refractivity contribution in [3.63, 3.8) is 0 Å². The number of hydrogen-bond acceptors (Lipinski definition) is 6. The van der Waals surface area contributed by atoms with Crippen LogP contribution in [0.3, 0.4) is 0 Å². The van der Waals surface area contributed by atoms with E-state index in [-0.39, 0.29) is 0 Å². The van der Waals surface area contributed by atoms with E-state index in [9.17, 15) is 0 Å². The largest absolute Gasteiger partial charge is 0.444 e. The van der Waals surface area contributed by atoms with Crippen LogP contribution in [-0.2, 0) is 4.74 Å². The van der Waals surface area contributed by atoms with Crippen molar-refractivity contribution in [2.45, 2.75) is 37.8 Å².